The fourth-order valence-electron chi connectivity index (χ4n) is 1.87. The molecular formula is C15H13N5O2. The van der Waals surface area contributed by atoms with E-state index in [-0.39, 0.29) is 12.2 Å². The minimum absolute atomic E-state index is 0.101. The highest BCUT2D eigenvalue weighted by molar-refractivity contribution is 5.95. The van der Waals surface area contributed by atoms with Crippen LogP contribution in [0.5, 0.6) is 11.5 Å². The second-order valence-electron chi connectivity index (χ2n) is 4.60. The van der Waals surface area contributed by atoms with Crippen LogP contribution in [0.4, 0.5) is 0 Å². The highest BCUT2D eigenvalue weighted by Crippen LogP contribution is 2.20. The molecule has 7 nitrogen and oxygen atoms in total. The first-order valence-corrected chi connectivity index (χ1v) is 6.62. The Hall–Kier alpha value is -3.09. The number of hydrogen-bond donors (Lipinski definition) is 0. The van der Waals surface area contributed by atoms with Crippen LogP contribution >= 0.6 is 0 Å². The molecule has 110 valence electrons. The Morgan fingerprint density at radius 3 is 2.86 bits per heavy atom. The molecule has 0 fully saturated rings. The van der Waals surface area contributed by atoms with Gasteiger partial charge in [0.25, 0.3) is 0 Å². The molecule has 3 aromatic heterocycles. The zero-order chi connectivity index (χ0) is 15.4. The highest BCUT2D eigenvalue weighted by Gasteiger charge is 2.12. The summed E-state index contributed by atoms with van der Waals surface area (Å²) in [5, 5.41) is 4.08. The maximum Gasteiger partial charge on any atom is 0.188 e. The largest absolute Gasteiger partial charge is 0.456 e. The Kier molecular flexibility index (Phi) is 3.86. The second-order valence-corrected chi connectivity index (χ2v) is 4.60. The van der Waals surface area contributed by atoms with E-state index in [9.17, 15) is 4.79 Å². The van der Waals surface area contributed by atoms with Crippen molar-refractivity contribution in [3.63, 3.8) is 0 Å². The van der Waals surface area contributed by atoms with Gasteiger partial charge in [0.2, 0.25) is 0 Å². The molecule has 3 aromatic rings. The number of ketones is 1. The molecule has 0 atom stereocenters. The quantitative estimate of drug-likeness (QED) is 0.668. The van der Waals surface area contributed by atoms with E-state index in [2.05, 4.69) is 20.1 Å². The van der Waals surface area contributed by atoms with Gasteiger partial charge in [-0.3, -0.25) is 19.4 Å². The van der Waals surface area contributed by atoms with E-state index >= 15 is 0 Å². The Morgan fingerprint density at radius 2 is 2.14 bits per heavy atom. The number of carbonyl (C=O) groups is 1. The summed E-state index contributed by atoms with van der Waals surface area (Å²) < 4.78 is 7.19. The molecule has 7 heteroatoms. The van der Waals surface area contributed by atoms with E-state index in [1.165, 1.54) is 6.20 Å². The molecule has 0 aliphatic rings. The normalized spacial score (nSPS) is 10.4. The number of carbonyl (C=O) groups excluding carboxylic acids is 1. The third-order valence-electron chi connectivity index (χ3n) is 2.85. The smallest absolute Gasteiger partial charge is 0.188 e. The van der Waals surface area contributed by atoms with Crippen molar-refractivity contribution in [2.24, 2.45) is 7.05 Å². The molecule has 0 N–H and O–H groups in total. The van der Waals surface area contributed by atoms with E-state index in [1.807, 2.05) is 0 Å². The topological polar surface area (TPSA) is 82.8 Å². The summed E-state index contributed by atoms with van der Waals surface area (Å²) in [6.07, 6.45) is 6.45. The molecule has 0 saturated heterocycles. The Labute approximate surface area is 126 Å². The van der Waals surface area contributed by atoms with Gasteiger partial charge in [-0.1, -0.05) is 0 Å². The Bertz CT molecular complexity index is 785. The number of nitrogens with zero attached hydrogens (tertiary/aromatic N) is 5. The van der Waals surface area contributed by atoms with E-state index in [4.69, 9.17) is 4.74 Å². The van der Waals surface area contributed by atoms with Gasteiger partial charge in [-0.05, 0) is 18.2 Å². The summed E-state index contributed by atoms with van der Waals surface area (Å²) in [7, 11) is 1.75. The lowest BCUT2D eigenvalue weighted by molar-refractivity contribution is 0.0985. The Morgan fingerprint density at radius 1 is 1.23 bits per heavy atom. The molecule has 0 unspecified atom stereocenters. The van der Waals surface area contributed by atoms with Crippen LogP contribution in [0.2, 0.25) is 0 Å². The lowest BCUT2D eigenvalue weighted by atomic mass is 10.2. The van der Waals surface area contributed by atoms with Crippen LogP contribution < -0.4 is 4.74 Å². The van der Waals surface area contributed by atoms with Gasteiger partial charge >= 0.3 is 0 Å². The van der Waals surface area contributed by atoms with E-state index in [1.54, 1.807) is 54.7 Å². The number of Topliss-reactive ketones (excluding diaryl/α,β-unsaturated/α-hetero) is 1. The first-order valence-electron chi connectivity index (χ1n) is 6.62. The predicted molar refractivity (Wildman–Crippen MR) is 77.6 cm³/mol. The van der Waals surface area contributed by atoms with Gasteiger partial charge in [0.15, 0.2) is 11.6 Å². The number of aromatic nitrogens is 5. The van der Waals surface area contributed by atoms with Crippen molar-refractivity contribution in [3.05, 3.63) is 60.7 Å². The molecule has 0 saturated carbocycles. The molecule has 3 heterocycles. The second kappa shape index (κ2) is 6.13. The van der Waals surface area contributed by atoms with Gasteiger partial charge in [0.05, 0.1) is 12.6 Å². The SMILES string of the molecule is Cn1cnc(CC(=O)c2cc(Oc3cccnc3)ccn2)n1. The minimum Gasteiger partial charge on any atom is -0.456 e. The molecule has 22 heavy (non-hydrogen) atoms. The molecule has 0 amide bonds. The van der Waals surface area contributed by atoms with E-state index < -0.39 is 0 Å². The maximum absolute atomic E-state index is 12.2. The molecule has 0 bridgehead atoms. The molecule has 0 spiro atoms. The van der Waals surface area contributed by atoms with Crippen molar-refractivity contribution in [2.45, 2.75) is 6.42 Å². The van der Waals surface area contributed by atoms with E-state index in [0.717, 1.165) is 0 Å². The van der Waals surface area contributed by atoms with Crippen molar-refractivity contribution < 1.29 is 9.53 Å². The van der Waals surface area contributed by atoms with Gasteiger partial charge in [-0.2, -0.15) is 5.10 Å². The minimum atomic E-state index is -0.164. The molecule has 0 radical (unpaired) electrons. The number of aryl methyl sites for hydroxylation is 1. The zero-order valence-corrected chi connectivity index (χ0v) is 11.9. The van der Waals surface area contributed by atoms with Gasteiger partial charge in [-0.15, -0.1) is 0 Å². The van der Waals surface area contributed by atoms with Crippen LogP contribution in [0.25, 0.3) is 0 Å². The van der Waals surface area contributed by atoms with Gasteiger partial charge < -0.3 is 4.74 Å². The molecule has 3 rings (SSSR count). The fourth-order valence-corrected chi connectivity index (χ4v) is 1.87. The number of hydrogen-bond acceptors (Lipinski definition) is 6. The van der Waals surface area contributed by atoms with Crippen molar-refractivity contribution in [3.8, 4) is 11.5 Å². The van der Waals surface area contributed by atoms with Crippen LogP contribution in [0.3, 0.4) is 0 Å². The van der Waals surface area contributed by atoms with Crippen molar-refractivity contribution in [1.29, 1.82) is 0 Å². The van der Waals surface area contributed by atoms with Crippen molar-refractivity contribution in [2.75, 3.05) is 0 Å². The van der Waals surface area contributed by atoms with Crippen LogP contribution in [-0.4, -0.2) is 30.5 Å². The lowest BCUT2D eigenvalue weighted by Crippen LogP contribution is -2.07. The summed E-state index contributed by atoms with van der Waals surface area (Å²) in [6, 6.07) is 6.84. The first-order chi connectivity index (χ1) is 10.7. The third-order valence-corrected chi connectivity index (χ3v) is 2.85. The van der Waals surface area contributed by atoms with Gasteiger partial charge in [-0.25, -0.2) is 4.98 Å². The number of rotatable bonds is 5. The third kappa shape index (κ3) is 3.32. The standard InChI is InChI=1S/C15H13N5O2/c1-20-10-18-15(19-20)8-14(21)13-7-11(4-6-17-13)22-12-3-2-5-16-9-12/h2-7,9-10H,8H2,1H3. The zero-order valence-electron chi connectivity index (χ0n) is 11.9. The summed E-state index contributed by atoms with van der Waals surface area (Å²) in [4.78, 5) is 24.3. The first kappa shape index (κ1) is 13.9. The molecule has 0 aromatic carbocycles. The Balaban J connectivity index is 1.74. The summed E-state index contributed by atoms with van der Waals surface area (Å²) in [6.45, 7) is 0. The fraction of sp³-hybridized carbons (Fsp3) is 0.133. The maximum atomic E-state index is 12.2. The molecule has 0 aliphatic heterocycles. The van der Waals surface area contributed by atoms with Gasteiger partial charge in [0.1, 0.15) is 23.5 Å². The van der Waals surface area contributed by atoms with Crippen LogP contribution in [0.1, 0.15) is 16.3 Å². The van der Waals surface area contributed by atoms with Crippen LogP contribution in [-0.2, 0) is 13.5 Å². The summed E-state index contributed by atoms with van der Waals surface area (Å²) in [5.41, 5.74) is 0.314. The number of ether oxygens (including phenoxy) is 1. The monoisotopic (exact) mass is 295 g/mol. The summed E-state index contributed by atoms with van der Waals surface area (Å²) in [5.74, 6) is 1.43. The number of pyridine rings is 2. The van der Waals surface area contributed by atoms with Crippen molar-refractivity contribution >= 4 is 5.78 Å². The lowest BCUT2D eigenvalue weighted by Gasteiger charge is -2.05. The van der Waals surface area contributed by atoms with Crippen molar-refractivity contribution in [1.82, 2.24) is 24.7 Å². The molecule has 0 aliphatic carbocycles. The average Bonchev–Trinajstić information content (AvgIpc) is 2.93. The highest BCUT2D eigenvalue weighted by atomic mass is 16.5. The van der Waals surface area contributed by atoms with Crippen LogP contribution in [0.15, 0.2) is 49.2 Å². The average molecular weight is 295 g/mol. The predicted octanol–water partition coefficient (Wildman–Crippen LogP) is 1.82. The molecular weight excluding hydrogens is 282 g/mol. The summed E-state index contributed by atoms with van der Waals surface area (Å²) >= 11 is 0. The van der Waals surface area contributed by atoms with E-state index in [0.29, 0.717) is 23.0 Å². The van der Waals surface area contributed by atoms with Gasteiger partial charge in [0, 0.05) is 25.5 Å². The van der Waals surface area contributed by atoms with Crippen LogP contribution in [0, 0.1) is 0 Å².